The molecule has 1 aromatic heterocycles. The first kappa shape index (κ1) is 14.7. The number of rotatable bonds is 4. The van der Waals surface area contributed by atoms with Gasteiger partial charge in [-0.15, -0.1) is 0 Å². The smallest absolute Gasteiger partial charge is 0.267 e. The van der Waals surface area contributed by atoms with Crippen molar-refractivity contribution < 1.29 is 4.79 Å². The topological polar surface area (TPSA) is 34.0 Å². The Labute approximate surface area is 134 Å². The second-order valence-electron chi connectivity index (χ2n) is 5.28. The average Bonchev–Trinajstić information content (AvgIpc) is 2.85. The van der Waals surface area contributed by atoms with Crippen molar-refractivity contribution in [2.24, 2.45) is 7.05 Å². The molecule has 0 fully saturated rings. The molecule has 112 valence electrons. The summed E-state index contributed by atoms with van der Waals surface area (Å²) in [4.78, 5) is 12.3. The van der Waals surface area contributed by atoms with Gasteiger partial charge in [-0.2, -0.15) is 0 Å². The lowest BCUT2D eigenvalue weighted by Gasteiger charge is -2.07. The van der Waals surface area contributed by atoms with Crippen molar-refractivity contribution in [2.45, 2.75) is 6.42 Å². The summed E-state index contributed by atoms with van der Waals surface area (Å²) in [5, 5.41) is 4.66. The molecule has 1 heterocycles. The number of fused-ring (bicyclic) bond motifs is 1. The van der Waals surface area contributed by atoms with Crippen LogP contribution in [0.3, 0.4) is 0 Å². The molecule has 3 aromatic rings. The average molecular weight is 313 g/mol. The summed E-state index contributed by atoms with van der Waals surface area (Å²) in [6.45, 7) is 0.616. The second kappa shape index (κ2) is 6.24. The van der Waals surface area contributed by atoms with Gasteiger partial charge < -0.3 is 9.88 Å². The molecule has 0 radical (unpaired) electrons. The van der Waals surface area contributed by atoms with Gasteiger partial charge in [0.25, 0.3) is 5.91 Å². The van der Waals surface area contributed by atoms with Gasteiger partial charge in [0.05, 0.1) is 0 Å². The van der Waals surface area contributed by atoms with Crippen LogP contribution in [0.25, 0.3) is 10.9 Å². The predicted octanol–water partition coefficient (Wildman–Crippen LogP) is 3.80. The van der Waals surface area contributed by atoms with Gasteiger partial charge in [-0.25, -0.2) is 0 Å². The van der Waals surface area contributed by atoms with Gasteiger partial charge in [-0.1, -0.05) is 48.0 Å². The summed E-state index contributed by atoms with van der Waals surface area (Å²) in [6.07, 6.45) is 0.822. The molecule has 0 atom stereocenters. The van der Waals surface area contributed by atoms with Crippen LogP contribution in [-0.2, 0) is 13.5 Å². The molecular weight excluding hydrogens is 296 g/mol. The molecule has 0 aliphatic heterocycles. The van der Waals surface area contributed by atoms with Crippen molar-refractivity contribution >= 4 is 28.4 Å². The van der Waals surface area contributed by atoms with Gasteiger partial charge in [0, 0.05) is 29.5 Å². The molecule has 3 rings (SSSR count). The number of nitrogens with zero attached hydrogens (tertiary/aromatic N) is 1. The lowest BCUT2D eigenvalue weighted by atomic mass is 10.1. The fraction of sp³-hybridized carbons (Fsp3) is 0.167. The number of carbonyl (C=O) groups is 1. The molecule has 0 saturated carbocycles. The normalized spacial score (nSPS) is 10.8. The Bertz CT molecular complexity index is 809. The third-order valence-corrected chi connectivity index (χ3v) is 4.02. The van der Waals surface area contributed by atoms with Crippen molar-refractivity contribution in [3.8, 4) is 0 Å². The highest BCUT2D eigenvalue weighted by Gasteiger charge is 2.13. The first-order valence-electron chi connectivity index (χ1n) is 7.22. The van der Waals surface area contributed by atoms with Crippen LogP contribution in [0, 0.1) is 0 Å². The molecule has 3 nitrogen and oxygen atoms in total. The van der Waals surface area contributed by atoms with Crippen molar-refractivity contribution in [1.29, 1.82) is 0 Å². The van der Waals surface area contributed by atoms with E-state index in [1.165, 1.54) is 5.56 Å². The maximum Gasteiger partial charge on any atom is 0.267 e. The minimum Gasteiger partial charge on any atom is -0.350 e. The van der Waals surface area contributed by atoms with Gasteiger partial charge in [-0.05, 0) is 30.2 Å². The van der Waals surface area contributed by atoms with E-state index in [2.05, 4.69) is 17.4 Å². The van der Waals surface area contributed by atoms with E-state index in [0.717, 1.165) is 17.3 Å². The largest absolute Gasteiger partial charge is 0.350 e. The highest BCUT2D eigenvalue weighted by atomic mass is 35.5. The molecule has 0 aliphatic carbocycles. The van der Waals surface area contributed by atoms with Gasteiger partial charge >= 0.3 is 0 Å². The Morgan fingerprint density at radius 2 is 1.91 bits per heavy atom. The third-order valence-electron chi connectivity index (χ3n) is 3.78. The van der Waals surface area contributed by atoms with Crippen LogP contribution >= 0.6 is 11.6 Å². The number of aromatic nitrogens is 1. The number of amides is 1. The lowest BCUT2D eigenvalue weighted by Crippen LogP contribution is -2.27. The Morgan fingerprint density at radius 3 is 2.68 bits per heavy atom. The van der Waals surface area contributed by atoms with Crippen molar-refractivity contribution in [3.05, 3.63) is 70.9 Å². The fourth-order valence-electron chi connectivity index (χ4n) is 2.58. The number of aryl methyl sites for hydroxylation is 1. The predicted molar refractivity (Wildman–Crippen MR) is 90.4 cm³/mol. The summed E-state index contributed by atoms with van der Waals surface area (Å²) in [6, 6.07) is 17.6. The number of hydrogen-bond donors (Lipinski definition) is 1. The Balaban J connectivity index is 1.71. The first-order chi connectivity index (χ1) is 10.6. The molecule has 0 saturated heterocycles. The zero-order valence-electron chi connectivity index (χ0n) is 12.3. The molecule has 4 heteroatoms. The fourth-order valence-corrected chi connectivity index (χ4v) is 2.74. The Morgan fingerprint density at radius 1 is 1.14 bits per heavy atom. The van der Waals surface area contributed by atoms with E-state index < -0.39 is 0 Å². The number of hydrogen-bond acceptors (Lipinski definition) is 1. The molecule has 22 heavy (non-hydrogen) atoms. The van der Waals surface area contributed by atoms with Crippen LogP contribution in [0.4, 0.5) is 0 Å². The second-order valence-corrected chi connectivity index (χ2v) is 5.72. The standard InChI is InChI=1S/C18H17ClN2O/c1-21-16-12-15(19)8-7-14(16)11-17(21)18(22)20-10-9-13-5-3-2-4-6-13/h2-8,11-12H,9-10H2,1H3,(H,20,22). The Hall–Kier alpha value is -2.26. The van der Waals surface area contributed by atoms with Crippen LogP contribution in [0.2, 0.25) is 5.02 Å². The van der Waals surface area contributed by atoms with E-state index in [4.69, 9.17) is 11.6 Å². The molecule has 0 bridgehead atoms. The molecule has 0 unspecified atom stereocenters. The van der Waals surface area contributed by atoms with E-state index in [9.17, 15) is 4.79 Å². The zero-order valence-corrected chi connectivity index (χ0v) is 13.1. The number of halogens is 1. The first-order valence-corrected chi connectivity index (χ1v) is 7.60. The highest BCUT2D eigenvalue weighted by molar-refractivity contribution is 6.31. The van der Waals surface area contributed by atoms with E-state index in [1.54, 1.807) is 0 Å². The quantitative estimate of drug-likeness (QED) is 0.781. The molecule has 1 N–H and O–H groups in total. The summed E-state index contributed by atoms with van der Waals surface area (Å²) in [7, 11) is 1.88. The van der Waals surface area contributed by atoms with E-state index >= 15 is 0 Å². The minimum absolute atomic E-state index is 0.0641. The summed E-state index contributed by atoms with van der Waals surface area (Å²) < 4.78 is 1.87. The lowest BCUT2D eigenvalue weighted by molar-refractivity contribution is 0.0946. The molecule has 2 aromatic carbocycles. The number of benzene rings is 2. The van der Waals surface area contributed by atoms with Crippen LogP contribution in [-0.4, -0.2) is 17.0 Å². The van der Waals surface area contributed by atoms with Crippen molar-refractivity contribution in [2.75, 3.05) is 6.54 Å². The van der Waals surface area contributed by atoms with Crippen molar-refractivity contribution in [1.82, 2.24) is 9.88 Å². The summed E-state index contributed by atoms with van der Waals surface area (Å²) in [5.41, 5.74) is 2.82. The van der Waals surface area contributed by atoms with Gasteiger partial charge in [0.1, 0.15) is 5.69 Å². The highest BCUT2D eigenvalue weighted by Crippen LogP contribution is 2.22. The van der Waals surface area contributed by atoms with E-state index in [-0.39, 0.29) is 5.91 Å². The van der Waals surface area contributed by atoms with E-state index in [0.29, 0.717) is 17.3 Å². The summed E-state index contributed by atoms with van der Waals surface area (Å²) in [5.74, 6) is -0.0641. The third kappa shape index (κ3) is 3.00. The van der Waals surface area contributed by atoms with Crippen LogP contribution < -0.4 is 5.32 Å². The van der Waals surface area contributed by atoms with Gasteiger partial charge in [0.2, 0.25) is 0 Å². The van der Waals surface area contributed by atoms with Gasteiger partial charge in [-0.3, -0.25) is 4.79 Å². The maximum atomic E-state index is 12.3. The van der Waals surface area contributed by atoms with Crippen LogP contribution in [0.5, 0.6) is 0 Å². The number of carbonyl (C=O) groups excluding carboxylic acids is 1. The molecule has 0 aliphatic rings. The molecular formula is C18H17ClN2O. The summed E-state index contributed by atoms with van der Waals surface area (Å²) >= 11 is 6.02. The number of nitrogens with one attached hydrogen (secondary N) is 1. The molecule has 1 amide bonds. The zero-order chi connectivity index (χ0) is 15.5. The van der Waals surface area contributed by atoms with Gasteiger partial charge in [0.15, 0.2) is 0 Å². The van der Waals surface area contributed by atoms with E-state index in [1.807, 2.05) is 54.1 Å². The SMILES string of the molecule is Cn1c(C(=O)NCCc2ccccc2)cc2ccc(Cl)cc21. The van der Waals surface area contributed by atoms with Crippen molar-refractivity contribution in [3.63, 3.8) is 0 Å². The van der Waals surface area contributed by atoms with Crippen LogP contribution in [0.15, 0.2) is 54.6 Å². The van der Waals surface area contributed by atoms with Crippen LogP contribution in [0.1, 0.15) is 16.1 Å². The Kier molecular flexibility index (Phi) is 4.16. The maximum absolute atomic E-state index is 12.3. The minimum atomic E-state index is -0.0641. The monoisotopic (exact) mass is 312 g/mol. The molecule has 0 spiro atoms.